The molecule has 0 heterocycles. The summed E-state index contributed by atoms with van der Waals surface area (Å²) in [6.45, 7) is 2.25. The van der Waals surface area contributed by atoms with Gasteiger partial charge in [-0.05, 0) is 85.3 Å². The molecule has 3 unspecified atom stereocenters. The van der Waals surface area contributed by atoms with Gasteiger partial charge in [0.2, 0.25) is 0 Å². The molecule has 2 nitrogen and oxygen atoms in total. The number of aliphatic hydroxyl groups excluding tert-OH is 1. The summed E-state index contributed by atoms with van der Waals surface area (Å²) in [4.78, 5) is 0. The third-order valence-corrected chi connectivity index (χ3v) is 7.62. The first kappa shape index (κ1) is 17.4. The largest absolute Gasteiger partial charge is 0.508 e. The van der Waals surface area contributed by atoms with Gasteiger partial charge >= 0.3 is 0 Å². The Morgan fingerprint density at radius 3 is 2.32 bits per heavy atom. The smallest absolute Gasteiger partial charge is 0.115 e. The van der Waals surface area contributed by atoms with Gasteiger partial charge in [-0.25, -0.2) is 0 Å². The molecular weight excluding hydrogens is 308 g/mol. The van der Waals surface area contributed by atoms with E-state index in [2.05, 4.69) is 19.1 Å². The van der Waals surface area contributed by atoms with Gasteiger partial charge in [-0.1, -0.05) is 44.7 Å². The summed E-state index contributed by atoms with van der Waals surface area (Å²) in [5.41, 5.74) is 1.75. The van der Waals surface area contributed by atoms with E-state index in [1.807, 2.05) is 12.1 Å². The predicted molar refractivity (Wildman–Crippen MR) is 102 cm³/mol. The summed E-state index contributed by atoms with van der Waals surface area (Å²) in [6.07, 6.45) is 12.5. The van der Waals surface area contributed by atoms with Crippen LogP contribution in [0.25, 0.3) is 0 Å². The van der Waals surface area contributed by atoms with Crippen LogP contribution in [0.3, 0.4) is 0 Å². The lowest BCUT2D eigenvalue weighted by molar-refractivity contribution is -0.104. The van der Waals surface area contributed by atoms with Crippen molar-refractivity contribution in [1.82, 2.24) is 0 Å². The molecule has 0 amide bonds. The third-order valence-electron chi connectivity index (χ3n) is 7.62. The lowest BCUT2D eigenvalue weighted by Crippen LogP contribution is -2.55. The second-order valence-electron chi connectivity index (χ2n) is 9.29. The predicted octanol–water partition coefficient (Wildman–Crippen LogP) is 5.42. The molecule has 25 heavy (non-hydrogen) atoms. The van der Waals surface area contributed by atoms with Crippen LogP contribution in [0, 0.1) is 23.7 Å². The Kier molecular flexibility index (Phi) is 4.83. The van der Waals surface area contributed by atoms with Crippen molar-refractivity contribution < 1.29 is 10.2 Å². The molecule has 0 aliphatic heterocycles. The van der Waals surface area contributed by atoms with E-state index in [9.17, 15) is 10.2 Å². The number of hydrogen-bond donors (Lipinski definition) is 2. The van der Waals surface area contributed by atoms with Crippen LogP contribution in [-0.4, -0.2) is 16.3 Å². The lowest BCUT2D eigenvalue weighted by Gasteiger charge is -2.61. The molecule has 0 aromatic heterocycles. The molecule has 4 bridgehead atoms. The van der Waals surface area contributed by atoms with Crippen LogP contribution in [0.2, 0.25) is 0 Å². The summed E-state index contributed by atoms with van der Waals surface area (Å²) in [5.74, 6) is 3.19. The van der Waals surface area contributed by atoms with Crippen LogP contribution in [0.4, 0.5) is 0 Å². The van der Waals surface area contributed by atoms with Crippen LogP contribution in [-0.2, 0) is 5.41 Å². The average Bonchev–Trinajstić information content (AvgIpc) is 2.58. The molecular formula is C23H34O2. The summed E-state index contributed by atoms with van der Waals surface area (Å²) in [7, 11) is 0. The molecule has 0 saturated heterocycles. The van der Waals surface area contributed by atoms with Crippen LogP contribution in [0.1, 0.15) is 76.7 Å². The normalized spacial score (nSPS) is 37.4. The molecule has 2 heteroatoms. The first-order valence-electron chi connectivity index (χ1n) is 10.6. The van der Waals surface area contributed by atoms with E-state index in [0.717, 1.165) is 12.3 Å². The van der Waals surface area contributed by atoms with Crippen LogP contribution in [0.5, 0.6) is 5.75 Å². The minimum Gasteiger partial charge on any atom is -0.508 e. The van der Waals surface area contributed by atoms with Crippen LogP contribution >= 0.6 is 0 Å². The first-order valence-corrected chi connectivity index (χ1v) is 10.6. The van der Waals surface area contributed by atoms with Gasteiger partial charge in [0.25, 0.3) is 0 Å². The van der Waals surface area contributed by atoms with Gasteiger partial charge in [0.1, 0.15) is 5.75 Å². The molecule has 5 rings (SSSR count). The first-order chi connectivity index (χ1) is 12.1. The Morgan fingerprint density at radius 1 is 1.00 bits per heavy atom. The second-order valence-corrected chi connectivity index (χ2v) is 9.29. The number of aliphatic hydroxyl groups is 1. The maximum absolute atomic E-state index is 10.9. The molecule has 138 valence electrons. The Labute approximate surface area is 152 Å². The molecule has 4 fully saturated rings. The highest BCUT2D eigenvalue weighted by Gasteiger charge is 2.56. The van der Waals surface area contributed by atoms with Gasteiger partial charge in [0, 0.05) is 0 Å². The fourth-order valence-corrected chi connectivity index (χ4v) is 6.83. The number of hydrogen-bond acceptors (Lipinski definition) is 2. The van der Waals surface area contributed by atoms with E-state index in [0.29, 0.717) is 28.9 Å². The summed E-state index contributed by atoms with van der Waals surface area (Å²) in [5, 5.41) is 20.6. The van der Waals surface area contributed by atoms with E-state index in [4.69, 9.17) is 0 Å². The Morgan fingerprint density at radius 2 is 1.68 bits per heavy atom. The maximum atomic E-state index is 10.9. The standard InChI is InChI=1S/C23H34O2/c1-2-3-4-5-6-21(25)22-17-11-16-12-18(22)15-23(13-16,14-17)19-7-9-20(24)10-8-19/h7-10,16-18,21-22,24-25H,2-6,11-15H2,1H3/t16?,17-,18+,21-,22?,23?/m0/s1. The molecule has 1 aromatic carbocycles. The average molecular weight is 343 g/mol. The van der Waals surface area contributed by atoms with Crippen LogP contribution in [0.15, 0.2) is 24.3 Å². The minimum atomic E-state index is -0.0799. The van der Waals surface area contributed by atoms with Crippen molar-refractivity contribution in [3.63, 3.8) is 0 Å². The van der Waals surface area contributed by atoms with Crippen molar-refractivity contribution >= 4 is 0 Å². The molecule has 4 aliphatic carbocycles. The van der Waals surface area contributed by atoms with E-state index >= 15 is 0 Å². The third kappa shape index (κ3) is 3.23. The molecule has 6 atom stereocenters. The Hall–Kier alpha value is -1.02. The Bertz CT molecular complexity index is 562. The van der Waals surface area contributed by atoms with E-state index in [1.165, 1.54) is 63.4 Å². The van der Waals surface area contributed by atoms with Crippen molar-refractivity contribution in [2.45, 2.75) is 82.7 Å². The number of aromatic hydroxyl groups is 1. The number of unbranched alkanes of at least 4 members (excludes halogenated alkanes) is 3. The van der Waals surface area contributed by atoms with E-state index in [-0.39, 0.29) is 6.10 Å². The van der Waals surface area contributed by atoms with Crippen molar-refractivity contribution in [3.8, 4) is 5.75 Å². The highest BCUT2D eigenvalue weighted by Crippen LogP contribution is 2.63. The second kappa shape index (κ2) is 6.95. The van der Waals surface area contributed by atoms with E-state index < -0.39 is 0 Å². The zero-order valence-corrected chi connectivity index (χ0v) is 15.7. The molecule has 1 aromatic rings. The van der Waals surface area contributed by atoms with Gasteiger partial charge in [-0.3, -0.25) is 0 Å². The number of phenolic OH excluding ortho intramolecular Hbond substituents is 1. The van der Waals surface area contributed by atoms with Crippen LogP contribution < -0.4 is 0 Å². The SMILES string of the molecule is CCCCCC[C@H](O)C1[C@@H]2CC3C[C@H]1CC(c1ccc(O)cc1)(C3)C2. The lowest BCUT2D eigenvalue weighted by atomic mass is 9.44. The Balaban J connectivity index is 1.47. The quantitative estimate of drug-likeness (QED) is 0.650. The number of benzene rings is 1. The fraction of sp³-hybridized carbons (Fsp3) is 0.739. The van der Waals surface area contributed by atoms with Gasteiger partial charge < -0.3 is 10.2 Å². The molecule has 0 spiro atoms. The molecule has 0 radical (unpaired) electrons. The topological polar surface area (TPSA) is 40.5 Å². The monoisotopic (exact) mass is 342 g/mol. The summed E-state index contributed by atoms with van der Waals surface area (Å²) < 4.78 is 0. The van der Waals surface area contributed by atoms with Gasteiger partial charge in [-0.2, -0.15) is 0 Å². The van der Waals surface area contributed by atoms with Crippen molar-refractivity contribution in [2.24, 2.45) is 23.7 Å². The van der Waals surface area contributed by atoms with Crippen molar-refractivity contribution in [3.05, 3.63) is 29.8 Å². The number of phenols is 1. The molecule has 4 saturated carbocycles. The number of rotatable bonds is 7. The highest BCUT2D eigenvalue weighted by molar-refractivity contribution is 5.34. The summed E-state index contributed by atoms with van der Waals surface area (Å²) in [6, 6.07) is 8.01. The zero-order chi connectivity index (χ0) is 17.4. The van der Waals surface area contributed by atoms with Gasteiger partial charge in [-0.15, -0.1) is 0 Å². The minimum absolute atomic E-state index is 0.0799. The summed E-state index contributed by atoms with van der Waals surface area (Å²) >= 11 is 0. The van der Waals surface area contributed by atoms with E-state index in [1.54, 1.807) is 0 Å². The highest BCUT2D eigenvalue weighted by atomic mass is 16.3. The van der Waals surface area contributed by atoms with Crippen molar-refractivity contribution in [2.75, 3.05) is 0 Å². The van der Waals surface area contributed by atoms with Crippen molar-refractivity contribution in [1.29, 1.82) is 0 Å². The van der Waals surface area contributed by atoms with Gasteiger partial charge in [0.05, 0.1) is 6.10 Å². The van der Waals surface area contributed by atoms with Gasteiger partial charge in [0.15, 0.2) is 0 Å². The molecule has 4 aliphatic rings. The molecule has 2 N–H and O–H groups in total. The zero-order valence-electron chi connectivity index (χ0n) is 15.7. The maximum Gasteiger partial charge on any atom is 0.115 e. The fourth-order valence-electron chi connectivity index (χ4n) is 6.83.